The monoisotopic (exact) mass is 449 g/mol. The average molecular weight is 450 g/mol. The van der Waals surface area contributed by atoms with E-state index in [1.54, 1.807) is 48.9 Å². The van der Waals surface area contributed by atoms with Gasteiger partial charge in [-0.1, -0.05) is 24.3 Å². The Hall–Kier alpha value is -2.16. The molecule has 0 heterocycles. The number of allylic oxidation sites excluding steroid dienone is 10. The molecule has 0 bridgehead atoms. The van der Waals surface area contributed by atoms with Crippen LogP contribution in [0.1, 0.15) is 6.42 Å². The van der Waals surface area contributed by atoms with Crippen LogP contribution in [-0.2, 0) is 29.6 Å². The molecular formula is C17H18ClCrN2O7-. The fraction of sp³-hybridized carbons (Fsp3) is 0.176. The first-order chi connectivity index (χ1) is 13.3. The molecule has 0 aromatic heterocycles. The molecule has 0 saturated carbocycles. The Balaban J connectivity index is 0.000000906. The van der Waals surface area contributed by atoms with Crippen LogP contribution in [0.4, 0.5) is 0 Å². The standard InChI is InChI=1S/C17H18N2O2.ClHO4.Cr.O/c20-16-8-3-1-6-14(16)12-18-10-5-11-19-13-15-7-2-4-9-17(15)21;2-1(3,4)5;;/h1-4,6-9,12-13,18-19H,5,10-11H2;(H,2,3,4,5);;/p-1/b14-12+,15-13+;;;. The maximum absolute atomic E-state index is 11.5. The van der Waals surface area contributed by atoms with Crippen LogP contribution in [0.5, 0.6) is 0 Å². The molecule has 0 amide bonds. The van der Waals surface area contributed by atoms with Crippen molar-refractivity contribution in [2.45, 2.75) is 6.42 Å². The fourth-order valence-electron chi connectivity index (χ4n) is 1.86. The van der Waals surface area contributed by atoms with Crippen LogP contribution in [0, 0.1) is 10.2 Å². The summed E-state index contributed by atoms with van der Waals surface area (Å²) in [6.45, 7) is 1.52. The molecule has 2 N–H and O–H groups in total. The van der Waals surface area contributed by atoms with Gasteiger partial charge in [-0.3, -0.25) is 9.59 Å². The summed E-state index contributed by atoms with van der Waals surface area (Å²) in [5, 5.41) is 6.22. The summed E-state index contributed by atoms with van der Waals surface area (Å²) in [6.07, 6.45) is 18.2. The van der Waals surface area contributed by atoms with E-state index in [1.807, 2.05) is 12.2 Å². The van der Waals surface area contributed by atoms with Gasteiger partial charge in [0.15, 0.2) is 11.6 Å². The average Bonchev–Trinajstić information content (AvgIpc) is 2.64. The van der Waals surface area contributed by atoms with Gasteiger partial charge in [-0.05, 0) is 30.7 Å². The van der Waals surface area contributed by atoms with E-state index in [0.29, 0.717) is 11.1 Å². The predicted molar refractivity (Wildman–Crippen MR) is 84.0 cm³/mol. The number of rotatable bonds is 6. The molecule has 0 atom stereocenters. The van der Waals surface area contributed by atoms with E-state index >= 15 is 0 Å². The van der Waals surface area contributed by atoms with Gasteiger partial charge in [-0.2, -0.15) is 0 Å². The van der Waals surface area contributed by atoms with Gasteiger partial charge in [0.25, 0.3) is 0 Å². The molecule has 152 valence electrons. The molecule has 2 rings (SSSR count). The Bertz CT molecular complexity index is 649. The zero-order valence-corrected chi connectivity index (χ0v) is 16.6. The maximum atomic E-state index is 11.5. The van der Waals surface area contributed by atoms with Crippen molar-refractivity contribution in [2.24, 2.45) is 0 Å². The molecular weight excluding hydrogens is 432 g/mol. The van der Waals surface area contributed by atoms with Crippen LogP contribution < -0.4 is 29.3 Å². The molecule has 0 spiro atoms. The molecule has 9 nitrogen and oxygen atoms in total. The quantitative estimate of drug-likeness (QED) is 0.314. The van der Waals surface area contributed by atoms with Crippen LogP contribution in [0.15, 0.2) is 72.2 Å². The molecule has 11 heteroatoms. The number of hydrogen-bond donors (Lipinski definition) is 2. The molecule has 0 saturated heterocycles. The first kappa shape index (κ1) is 25.8. The molecule has 0 aliphatic heterocycles. The number of carbonyl (C=O) groups excluding carboxylic acids is 2. The Kier molecular flexibility index (Phi) is 13.7. The van der Waals surface area contributed by atoms with Gasteiger partial charge in [-0.25, -0.2) is 18.6 Å². The van der Waals surface area contributed by atoms with E-state index in [0.717, 1.165) is 19.5 Å². The van der Waals surface area contributed by atoms with Crippen molar-refractivity contribution in [1.82, 2.24) is 10.6 Å². The Labute approximate surface area is 172 Å². The molecule has 2 aliphatic rings. The van der Waals surface area contributed by atoms with Crippen LogP contribution in [0.3, 0.4) is 0 Å². The second-order valence-electron chi connectivity index (χ2n) is 5.00. The molecule has 0 aromatic rings. The van der Waals surface area contributed by atoms with Crippen LogP contribution in [0.2, 0.25) is 0 Å². The third kappa shape index (κ3) is 14.0. The molecule has 0 unspecified atom stereocenters. The topological polar surface area (TPSA) is 168 Å². The SMILES string of the molecule is O=C1C=CC=C/C1=C\NCCCN/C=C1\C=CC=CC1=O.[O-][Cl+3]([O-])([O-])[O-].[O]=[Cr]. The minimum atomic E-state index is -4.94. The summed E-state index contributed by atoms with van der Waals surface area (Å²) in [5.41, 5.74) is 1.33. The van der Waals surface area contributed by atoms with E-state index in [2.05, 4.69) is 10.6 Å². The summed E-state index contributed by atoms with van der Waals surface area (Å²) in [4.78, 5) is 22.9. The van der Waals surface area contributed by atoms with Gasteiger partial charge in [0, 0.05) is 36.6 Å². The second kappa shape index (κ2) is 14.8. The molecule has 2 aliphatic carbocycles. The second-order valence-corrected chi connectivity index (χ2v) is 5.76. The summed E-state index contributed by atoms with van der Waals surface area (Å²) < 4.78 is 42.1. The summed E-state index contributed by atoms with van der Waals surface area (Å²) in [6, 6.07) is 0. The first-order valence-corrected chi connectivity index (χ1v) is 9.46. The third-order valence-electron chi connectivity index (χ3n) is 3.00. The van der Waals surface area contributed by atoms with Crippen molar-refractivity contribution in [3.63, 3.8) is 0 Å². The van der Waals surface area contributed by atoms with Crippen molar-refractivity contribution in [3.8, 4) is 0 Å². The number of hydrogen-bond acceptors (Lipinski definition) is 9. The number of nitrogens with one attached hydrogen (secondary N) is 2. The van der Waals surface area contributed by atoms with Crippen molar-refractivity contribution >= 4 is 11.6 Å². The predicted octanol–water partition coefficient (Wildman–Crippen LogP) is -3.16. The zero-order chi connectivity index (χ0) is 21.4. The Morgan fingerprint density at radius 1 is 0.750 bits per heavy atom. The summed E-state index contributed by atoms with van der Waals surface area (Å²) >= 11 is 1.38. The van der Waals surface area contributed by atoms with Crippen LogP contribution in [-0.4, -0.2) is 24.7 Å². The normalized spacial score (nSPS) is 17.7. The van der Waals surface area contributed by atoms with Crippen LogP contribution in [0.25, 0.3) is 0 Å². The summed E-state index contributed by atoms with van der Waals surface area (Å²) in [7, 11) is -4.94. The Morgan fingerprint density at radius 2 is 1.07 bits per heavy atom. The summed E-state index contributed by atoms with van der Waals surface area (Å²) in [5.74, 6) is 0.0343. The van der Waals surface area contributed by atoms with E-state index in [1.165, 1.54) is 16.2 Å². The molecule has 0 fully saturated rings. The van der Waals surface area contributed by atoms with E-state index in [9.17, 15) is 9.59 Å². The van der Waals surface area contributed by atoms with Crippen molar-refractivity contribution < 1.29 is 58.5 Å². The number of halogens is 1. The van der Waals surface area contributed by atoms with Crippen LogP contribution >= 0.6 is 0 Å². The zero-order valence-electron chi connectivity index (χ0n) is 14.5. The Morgan fingerprint density at radius 3 is 1.39 bits per heavy atom. The van der Waals surface area contributed by atoms with Crippen molar-refractivity contribution in [3.05, 3.63) is 72.2 Å². The number of ketones is 2. The van der Waals surface area contributed by atoms with Gasteiger partial charge < -0.3 is 10.6 Å². The minimum absolute atomic E-state index is 0.0171. The first-order valence-electron chi connectivity index (χ1n) is 7.71. The van der Waals surface area contributed by atoms with Crippen molar-refractivity contribution in [2.75, 3.05) is 13.1 Å². The fourth-order valence-corrected chi connectivity index (χ4v) is 1.86. The third-order valence-corrected chi connectivity index (χ3v) is 3.00. The van der Waals surface area contributed by atoms with Gasteiger partial charge in [-0.15, -0.1) is 10.2 Å². The molecule has 28 heavy (non-hydrogen) atoms. The molecule has 0 radical (unpaired) electrons. The van der Waals surface area contributed by atoms with E-state index in [-0.39, 0.29) is 11.6 Å². The van der Waals surface area contributed by atoms with Crippen molar-refractivity contribution in [1.29, 1.82) is 0 Å². The molecule has 0 aromatic carbocycles. The van der Waals surface area contributed by atoms with Gasteiger partial charge in [0.1, 0.15) is 0 Å². The van der Waals surface area contributed by atoms with Gasteiger partial charge in [0.05, 0.1) is 0 Å². The van der Waals surface area contributed by atoms with Gasteiger partial charge >= 0.3 is 20.0 Å². The van der Waals surface area contributed by atoms with E-state index < -0.39 is 10.2 Å². The van der Waals surface area contributed by atoms with E-state index in [4.69, 9.17) is 22.4 Å². The number of carbonyl (C=O) groups is 2. The van der Waals surface area contributed by atoms with Gasteiger partial charge in [0.2, 0.25) is 0 Å².